The second kappa shape index (κ2) is 8.08. The van der Waals surface area contributed by atoms with Crippen LogP contribution in [0.2, 0.25) is 5.02 Å². The summed E-state index contributed by atoms with van der Waals surface area (Å²) in [6, 6.07) is 15.3. The Bertz CT molecular complexity index is 958. The molecule has 0 aliphatic carbocycles. The van der Waals surface area contributed by atoms with E-state index in [-0.39, 0.29) is 6.03 Å². The average molecular weight is 399 g/mol. The van der Waals surface area contributed by atoms with Crippen molar-refractivity contribution < 1.29 is 4.79 Å². The Morgan fingerprint density at radius 2 is 1.89 bits per heavy atom. The number of nitrogens with one attached hydrogen (secondary N) is 2. The second-order valence-corrected chi connectivity index (χ2v) is 7.70. The fourth-order valence-electron chi connectivity index (χ4n) is 3.17. The first-order chi connectivity index (χ1) is 13.2. The van der Waals surface area contributed by atoms with E-state index in [2.05, 4.69) is 44.8 Å². The molecule has 0 bridgehead atoms. The number of urea groups is 1. The largest absolute Gasteiger partial charge is 0.325 e. The fourth-order valence-corrected chi connectivity index (χ4v) is 4.05. The Balaban J connectivity index is 1.34. The maximum absolute atomic E-state index is 12.1. The summed E-state index contributed by atoms with van der Waals surface area (Å²) in [5.41, 5.74) is 4.36. The number of hydrogen-bond acceptors (Lipinski definition) is 4. The molecule has 0 saturated heterocycles. The van der Waals surface area contributed by atoms with Crippen molar-refractivity contribution in [3.63, 3.8) is 0 Å². The van der Waals surface area contributed by atoms with Gasteiger partial charge in [0.1, 0.15) is 0 Å². The van der Waals surface area contributed by atoms with Gasteiger partial charge in [0.05, 0.1) is 16.4 Å². The van der Waals surface area contributed by atoms with Gasteiger partial charge in [-0.15, -0.1) is 11.3 Å². The third kappa shape index (κ3) is 4.47. The molecule has 27 heavy (non-hydrogen) atoms. The number of anilines is 2. The SMILES string of the molecule is O=C(Nc1nc(CN2CCc3ccccc3C2)cs1)Nc1ccccc1Cl. The van der Waals surface area contributed by atoms with E-state index in [1.165, 1.54) is 22.5 Å². The first kappa shape index (κ1) is 18.0. The van der Waals surface area contributed by atoms with Gasteiger partial charge in [0.2, 0.25) is 0 Å². The lowest BCUT2D eigenvalue weighted by atomic mass is 10.00. The van der Waals surface area contributed by atoms with E-state index in [1.807, 2.05) is 17.5 Å². The Morgan fingerprint density at radius 3 is 2.74 bits per heavy atom. The van der Waals surface area contributed by atoms with Crippen LogP contribution in [0.15, 0.2) is 53.9 Å². The molecule has 1 aromatic heterocycles. The quantitative estimate of drug-likeness (QED) is 0.650. The zero-order valence-electron chi connectivity index (χ0n) is 14.6. The minimum absolute atomic E-state index is 0.351. The van der Waals surface area contributed by atoms with Gasteiger partial charge in [0.15, 0.2) is 5.13 Å². The Kier molecular flexibility index (Phi) is 5.38. The van der Waals surface area contributed by atoms with Crippen LogP contribution in [0.1, 0.15) is 16.8 Å². The molecule has 2 amide bonds. The molecule has 1 aliphatic rings. The van der Waals surface area contributed by atoms with Gasteiger partial charge in [-0.2, -0.15) is 0 Å². The normalized spacial score (nSPS) is 13.8. The van der Waals surface area contributed by atoms with Crippen molar-refractivity contribution in [2.24, 2.45) is 0 Å². The summed E-state index contributed by atoms with van der Waals surface area (Å²) in [5.74, 6) is 0. The molecule has 0 saturated carbocycles. The third-order valence-electron chi connectivity index (χ3n) is 4.49. The highest BCUT2D eigenvalue weighted by Gasteiger charge is 2.17. The molecule has 0 fully saturated rings. The summed E-state index contributed by atoms with van der Waals surface area (Å²) in [4.78, 5) is 19.1. The minimum Gasteiger partial charge on any atom is -0.306 e. The Hall–Kier alpha value is -2.41. The van der Waals surface area contributed by atoms with Crippen molar-refractivity contribution >= 4 is 39.8 Å². The standard InChI is InChI=1S/C20H19ClN4OS/c21-17-7-3-4-8-18(17)23-19(26)24-20-22-16(13-27-20)12-25-10-9-14-5-1-2-6-15(14)11-25/h1-8,13H,9-12H2,(H2,22,23,24,26). The van der Waals surface area contributed by atoms with Gasteiger partial charge in [-0.1, -0.05) is 48.0 Å². The van der Waals surface area contributed by atoms with Crippen molar-refractivity contribution in [3.05, 3.63) is 75.8 Å². The molecule has 2 aromatic carbocycles. The van der Waals surface area contributed by atoms with Gasteiger partial charge in [-0.25, -0.2) is 9.78 Å². The number of aromatic nitrogens is 1. The van der Waals surface area contributed by atoms with Crippen LogP contribution in [0.25, 0.3) is 0 Å². The predicted molar refractivity (Wildman–Crippen MR) is 110 cm³/mol. The molecule has 4 rings (SSSR count). The lowest BCUT2D eigenvalue weighted by Gasteiger charge is -2.27. The molecule has 0 unspecified atom stereocenters. The molecule has 1 aliphatic heterocycles. The van der Waals surface area contributed by atoms with Gasteiger partial charge >= 0.3 is 6.03 Å². The van der Waals surface area contributed by atoms with E-state index >= 15 is 0 Å². The monoisotopic (exact) mass is 398 g/mol. The smallest absolute Gasteiger partial charge is 0.306 e. The summed E-state index contributed by atoms with van der Waals surface area (Å²) in [6.07, 6.45) is 1.06. The number of thiazole rings is 1. The van der Waals surface area contributed by atoms with Gasteiger partial charge < -0.3 is 5.32 Å². The van der Waals surface area contributed by atoms with Crippen molar-refractivity contribution in [3.8, 4) is 0 Å². The number of rotatable bonds is 4. The van der Waals surface area contributed by atoms with E-state index in [9.17, 15) is 4.79 Å². The summed E-state index contributed by atoms with van der Waals surface area (Å²) in [7, 11) is 0. The lowest BCUT2D eigenvalue weighted by Crippen LogP contribution is -2.30. The van der Waals surface area contributed by atoms with Gasteiger partial charge in [0.25, 0.3) is 0 Å². The van der Waals surface area contributed by atoms with Crippen LogP contribution in [-0.4, -0.2) is 22.5 Å². The summed E-state index contributed by atoms with van der Waals surface area (Å²) in [6.45, 7) is 2.73. The third-order valence-corrected chi connectivity index (χ3v) is 5.63. The number of amides is 2. The van der Waals surface area contributed by atoms with Crippen LogP contribution in [0.5, 0.6) is 0 Å². The molecule has 7 heteroatoms. The summed E-state index contributed by atoms with van der Waals surface area (Å²) >= 11 is 7.48. The number of fused-ring (bicyclic) bond motifs is 1. The number of carbonyl (C=O) groups excluding carboxylic acids is 1. The highest BCUT2D eigenvalue weighted by atomic mass is 35.5. The van der Waals surface area contributed by atoms with Crippen LogP contribution < -0.4 is 10.6 Å². The van der Waals surface area contributed by atoms with E-state index in [0.717, 1.165) is 31.7 Å². The summed E-state index contributed by atoms with van der Waals surface area (Å²) in [5, 5.41) is 8.57. The summed E-state index contributed by atoms with van der Waals surface area (Å²) < 4.78 is 0. The number of halogens is 1. The highest BCUT2D eigenvalue weighted by Crippen LogP contribution is 2.23. The van der Waals surface area contributed by atoms with Crippen molar-refractivity contribution in [1.29, 1.82) is 0 Å². The molecule has 0 radical (unpaired) electrons. The predicted octanol–water partition coefficient (Wildman–Crippen LogP) is 5.00. The molecule has 3 aromatic rings. The second-order valence-electron chi connectivity index (χ2n) is 6.43. The number of para-hydroxylation sites is 1. The number of hydrogen-bond donors (Lipinski definition) is 2. The van der Waals surface area contributed by atoms with E-state index < -0.39 is 0 Å². The number of nitrogens with zero attached hydrogens (tertiary/aromatic N) is 2. The molecule has 5 nitrogen and oxygen atoms in total. The first-order valence-corrected chi connectivity index (χ1v) is 9.99. The Labute approximate surface area is 167 Å². The zero-order chi connectivity index (χ0) is 18.6. The Morgan fingerprint density at radius 1 is 1.11 bits per heavy atom. The molecule has 2 heterocycles. The van der Waals surface area contributed by atoms with E-state index in [0.29, 0.717) is 15.8 Å². The highest BCUT2D eigenvalue weighted by molar-refractivity contribution is 7.13. The molecular weight excluding hydrogens is 380 g/mol. The van der Waals surface area contributed by atoms with Crippen LogP contribution in [0, 0.1) is 0 Å². The topological polar surface area (TPSA) is 57.3 Å². The average Bonchev–Trinajstić information content (AvgIpc) is 3.10. The zero-order valence-corrected chi connectivity index (χ0v) is 16.2. The van der Waals surface area contributed by atoms with Crippen LogP contribution in [0.4, 0.5) is 15.6 Å². The van der Waals surface area contributed by atoms with E-state index in [4.69, 9.17) is 11.6 Å². The molecule has 0 atom stereocenters. The molecule has 2 N–H and O–H groups in total. The van der Waals surface area contributed by atoms with Gasteiger partial charge in [0, 0.05) is 25.0 Å². The van der Waals surface area contributed by atoms with Crippen LogP contribution >= 0.6 is 22.9 Å². The number of carbonyl (C=O) groups is 1. The fraction of sp³-hybridized carbons (Fsp3) is 0.200. The molecule has 138 valence electrons. The van der Waals surface area contributed by atoms with Gasteiger partial charge in [-0.3, -0.25) is 10.2 Å². The van der Waals surface area contributed by atoms with Crippen molar-refractivity contribution in [1.82, 2.24) is 9.88 Å². The van der Waals surface area contributed by atoms with Crippen LogP contribution in [0.3, 0.4) is 0 Å². The maximum atomic E-state index is 12.1. The van der Waals surface area contributed by atoms with Gasteiger partial charge in [-0.05, 0) is 29.7 Å². The van der Waals surface area contributed by atoms with E-state index in [1.54, 1.807) is 12.1 Å². The lowest BCUT2D eigenvalue weighted by molar-refractivity contribution is 0.243. The van der Waals surface area contributed by atoms with Crippen molar-refractivity contribution in [2.75, 3.05) is 17.2 Å². The number of benzene rings is 2. The maximum Gasteiger partial charge on any atom is 0.325 e. The first-order valence-electron chi connectivity index (χ1n) is 8.73. The molecular formula is C20H19ClN4OS. The minimum atomic E-state index is -0.351. The van der Waals surface area contributed by atoms with Crippen molar-refractivity contribution in [2.45, 2.75) is 19.5 Å². The molecule has 0 spiro atoms. The van der Waals surface area contributed by atoms with Crippen LogP contribution in [-0.2, 0) is 19.5 Å².